The monoisotopic (exact) mass is 205 g/mol. The fourth-order valence-corrected chi connectivity index (χ4v) is 2.43. The summed E-state index contributed by atoms with van der Waals surface area (Å²) >= 11 is 0. The third-order valence-electron chi connectivity index (χ3n) is 3.17. The van der Waals surface area contributed by atoms with Crippen molar-refractivity contribution < 1.29 is 5.11 Å². The number of aliphatic hydroxyl groups is 1. The molecule has 2 nitrogen and oxygen atoms in total. The number of aryl methyl sites for hydroxylation is 1. The number of benzene rings is 1. The van der Waals surface area contributed by atoms with E-state index in [0.717, 1.165) is 13.0 Å². The zero-order valence-corrected chi connectivity index (χ0v) is 9.32. The Morgan fingerprint density at radius 1 is 1.47 bits per heavy atom. The third kappa shape index (κ3) is 2.32. The molecule has 1 N–H and O–H groups in total. The molecule has 1 aromatic rings. The topological polar surface area (TPSA) is 23.5 Å². The Morgan fingerprint density at radius 3 is 3.07 bits per heavy atom. The molecule has 1 atom stereocenters. The Bertz CT molecular complexity index is 324. The number of anilines is 1. The molecule has 1 heterocycles. The van der Waals surface area contributed by atoms with Gasteiger partial charge in [-0.3, -0.25) is 0 Å². The predicted octanol–water partition coefficient (Wildman–Crippen LogP) is 2.35. The van der Waals surface area contributed by atoms with Crippen LogP contribution in [0.25, 0.3) is 0 Å². The number of hydrogen-bond donors (Lipinski definition) is 1. The average Bonchev–Trinajstić information content (AvgIpc) is 2.66. The molecule has 1 aliphatic rings. The number of nitrogens with zero attached hydrogens (tertiary/aromatic N) is 1. The van der Waals surface area contributed by atoms with E-state index >= 15 is 0 Å². The van der Waals surface area contributed by atoms with Crippen LogP contribution in [-0.2, 0) is 0 Å². The van der Waals surface area contributed by atoms with E-state index < -0.39 is 0 Å². The molecule has 0 aliphatic carbocycles. The molecular weight excluding hydrogens is 186 g/mol. The highest BCUT2D eigenvalue weighted by Crippen LogP contribution is 2.27. The van der Waals surface area contributed by atoms with E-state index in [1.165, 1.54) is 24.1 Å². The van der Waals surface area contributed by atoms with E-state index in [9.17, 15) is 0 Å². The van der Waals surface area contributed by atoms with Crippen molar-refractivity contribution in [1.29, 1.82) is 0 Å². The summed E-state index contributed by atoms with van der Waals surface area (Å²) in [6.45, 7) is 3.56. The maximum absolute atomic E-state index is 9.02. The van der Waals surface area contributed by atoms with E-state index in [1.807, 2.05) is 0 Å². The van der Waals surface area contributed by atoms with Gasteiger partial charge in [0.2, 0.25) is 0 Å². The second-order valence-corrected chi connectivity index (χ2v) is 4.34. The minimum Gasteiger partial charge on any atom is -0.396 e. The number of hydrogen-bond acceptors (Lipinski definition) is 2. The van der Waals surface area contributed by atoms with Gasteiger partial charge in [-0.2, -0.15) is 0 Å². The maximum atomic E-state index is 9.02. The van der Waals surface area contributed by atoms with Crippen LogP contribution in [0.1, 0.15) is 24.8 Å². The van der Waals surface area contributed by atoms with Gasteiger partial charge in [0.1, 0.15) is 0 Å². The molecule has 0 spiro atoms. The van der Waals surface area contributed by atoms with Crippen molar-refractivity contribution in [2.24, 2.45) is 0 Å². The lowest BCUT2D eigenvalue weighted by atomic mass is 10.1. The minimum atomic E-state index is 0.299. The van der Waals surface area contributed by atoms with Crippen molar-refractivity contribution in [3.63, 3.8) is 0 Å². The highest BCUT2D eigenvalue weighted by molar-refractivity contribution is 5.50. The van der Waals surface area contributed by atoms with Gasteiger partial charge in [0.25, 0.3) is 0 Å². The number of aliphatic hydroxyl groups excluding tert-OH is 1. The summed E-state index contributed by atoms with van der Waals surface area (Å²) in [4.78, 5) is 2.43. The Labute approximate surface area is 91.5 Å². The van der Waals surface area contributed by atoms with Crippen LogP contribution in [0.5, 0.6) is 0 Å². The standard InChI is InChI=1S/C13H19NO/c1-11-4-2-5-13(10-11)14-8-3-6-12(14)7-9-15/h2,4-5,10,12,15H,3,6-9H2,1H3. The highest BCUT2D eigenvalue weighted by Gasteiger charge is 2.23. The fraction of sp³-hybridized carbons (Fsp3) is 0.538. The van der Waals surface area contributed by atoms with Gasteiger partial charge >= 0.3 is 0 Å². The summed E-state index contributed by atoms with van der Waals surface area (Å²) in [5.41, 5.74) is 2.62. The first-order chi connectivity index (χ1) is 7.31. The number of rotatable bonds is 3. The van der Waals surface area contributed by atoms with Gasteiger partial charge in [0, 0.05) is 24.9 Å². The van der Waals surface area contributed by atoms with Crippen LogP contribution < -0.4 is 4.90 Å². The molecule has 82 valence electrons. The zero-order chi connectivity index (χ0) is 10.7. The molecule has 0 amide bonds. The maximum Gasteiger partial charge on any atom is 0.0450 e. The van der Waals surface area contributed by atoms with Crippen LogP contribution in [-0.4, -0.2) is 24.3 Å². The van der Waals surface area contributed by atoms with Gasteiger partial charge in [-0.05, 0) is 43.9 Å². The van der Waals surface area contributed by atoms with Crippen LogP contribution in [0.15, 0.2) is 24.3 Å². The molecule has 0 aromatic heterocycles. The minimum absolute atomic E-state index is 0.299. The van der Waals surface area contributed by atoms with Gasteiger partial charge in [-0.25, -0.2) is 0 Å². The molecule has 1 unspecified atom stereocenters. The Hall–Kier alpha value is -1.02. The zero-order valence-electron chi connectivity index (χ0n) is 9.32. The van der Waals surface area contributed by atoms with Crippen LogP contribution in [0.3, 0.4) is 0 Å². The fourth-order valence-electron chi connectivity index (χ4n) is 2.43. The SMILES string of the molecule is Cc1cccc(N2CCCC2CCO)c1. The molecule has 2 heteroatoms. The summed E-state index contributed by atoms with van der Waals surface area (Å²) in [5.74, 6) is 0. The Morgan fingerprint density at radius 2 is 2.33 bits per heavy atom. The van der Waals surface area contributed by atoms with Gasteiger partial charge in [0.15, 0.2) is 0 Å². The lowest BCUT2D eigenvalue weighted by Gasteiger charge is -2.26. The normalized spacial score (nSPS) is 20.9. The molecular formula is C13H19NO. The largest absolute Gasteiger partial charge is 0.396 e. The van der Waals surface area contributed by atoms with Crippen molar-refractivity contribution in [3.8, 4) is 0 Å². The van der Waals surface area contributed by atoms with E-state index in [1.54, 1.807) is 0 Å². The Balaban J connectivity index is 2.15. The first kappa shape index (κ1) is 10.5. The van der Waals surface area contributed by atoms with E-state index in [0.29, 0.717) is 12.6 Å². The van der Waals surface area contributed by atoms with Gasteiger partial charge in [-0.1, -0.05) is 12.1 Å². The van der Waals surface area contributed by atoms with Crippen LogP contribution in [0.4, 0.5) is 5.69 Å². The second kappa shape index (κ2) is 4.67. The quantitative estimate of drug-likeness (QED) is 0.818. The first-order valence-corrected chi connectivity index (χ1v) is 5.75. The average molecular weight is 205 g/mol. The van der Waals surface area contributed by atoms with Gasteiger partial charge in [0.05, 0.1) is 0 Å². The summed E-state index contributed by atoms with van der Waals surface area (Å²) in [7, 11) is 0. The predicted molar refractivity (Wildman–Crippen MR) is 63.2 cm³/mol. The molecule has 1 aliphatic heterocycles. The molecule has 0 saturated carbocycles. The second-order valence-electron chi connectivity index (χ2n) is 4.34. The van der Waals surface area contributed by atoms with Crippen LogP contribution in [0, 0.1) is 6.92 Å². The third-order valence-corrected chi connectivity index (χ3v) is 3.17. The van der Waals surface area contributed by atoms with E-state index in [2.05, 4.69) is 36.1 Å². The lowest BCUT2D eigenvalue weighted by molar-refractivity contribution is 0.276. The van der Waals surface area contributed by atoms with Crippen molar-refractivity contribution >= 4 is 5.69 Å². The molecule has 0 bridgehead atoms. The van der Waals surface area contributed by atoms with Crippen molar-refractivity contribution in [3.05, 3.63) is 29.8 Å². The first-order valence-electron chi connectivity index (χ1n) is 5.75. The summed E-state index contributed by atoms with van der Waals surface area (Å²) < 4.78 is 0. The molecule has 2 rings (SSSR count). The lowest BCUT2D eigenvalue weighted by Crippen LogP contribution is -2.29. The van der Waals surface area contributed by atoms with Crippen molar-refractivity contribution in [1.82, 2.24) is 0 Å². The molecule has 0 radical (unpaired) electrons. The molecule has 1 saturated heterocycles. The molecule has 1 aromatic carbocycles. The van der Waals surface area contributed by atoms with E-state index in [-0.39, 0.29) is 0 Å². The summed E-state index contributed by atoms with van der Waals surface area (Å²) in [6, 6.07) is 9.18. The van der Waals surface area contributed by atoms with Gasteiger partial charge < -0.3 is 10.0 Å². The molecule has 1 fully saturated rings. The highest BCUT2D eigenvalue weighted by atomic mass is 16.3. The van der Waals surface area contributed by atoms with Crippen LogP contribution in [0.2, 0.25) is 0 Å². The van der Waals surface area contributed by atoms with Gasteiger partial charge in [-0.15, -0.1) is 0 Å². The van der Waals surface area contributed by atoms with Crippen molar-refractivity contribution in [2.75, 3.05) is 18.1 Å². The van der Waals surface area contributed by atoms with Crippen LogP contribution >= 0.6 is 0 Å². The summed E-state index contributed by atoms with van der Waals surface area (Å²) in [6.07, 6.45) is 3.36. The summed E-state index contributed by atoms with van der Waals surface area (Å²) in [5, 5.41) is 9.02. The van der Waals surface area contributed by atoms with Crippen molar-refractivity contribution in [2.45, 2.75) is 32.2 Å². The smallest absolute Gasteiger partial charge is 0.0450 e. The molecule has 15 heavy (non-hydrogen) atoms. The Kier molecular flexibility index (Phi) is 3.27. The van der Waals surface area contributed by atoms with E-state index in [4.69, 9.17) is 5.11 Å².